The molecule has 4 amide bonds. The van der Waals surface area contributed by atoms with Gasteiger partial charge in [-0.2, -0.15) is 9.37 Å². The third-order valence-electron chi connectivity index (χ3n) is 5.24. The summed E-state index contributed by atoms with van der Waals surface area (Å²) in [4.78, 5) is 42.2. The number of rotatable bonds is 5. The number of nitrogens with zero attached hydrogens (tertiary/aromatic N) is 3. The standard InChI is InChI=1S/C22H22N3O4/c1-3-23(4-2)18(26)14-24-19-16-12-8-9-13-17(16)29-20(19)21(27)25(22(24)28)15-10-6-5-7-11-15/h5-13,20H,3-4,14H2,1-2H3/q+1. The van der Waals surface area contributed by atoms with Gasteiger partial charge in [0.1, 0.15) is 11.4 Å². The van der Waals surface area contributed by atoms with Crippen LogP contribution in [0.3, 0.4) is 0 Å². The Labute approximate surface area is 168 Å². The molecule has 0 radical (unpaired) electrons. The van der Waals surface area contributed by atoms with Crippen molar-refractivity contribution in [3.8, 4) is 5.75 Å². The molecule has 2 aromatic carbocycles. The fourth-order valence-electron chi connectivity index (χ4n) is 3.77. The van der Waals surface area contributed by atoms with Gasteiger partial charge in [-0.25, -0.2) is 4.79 Å². The third kappa shape index (κ3) is 3.08. The van der Waals surface area contributed by atoms with Crippen LogP contribution in [0.25, 0.3) is 0 Å². The lowest BCUT2D eigenvalue weighted by Crippen LogP contribution is -2.59. The molecule has 148 valence electrons. The monoisotopic (exact) mass is 392 g/mol. The van der Waals surface area contributed by atoms with Crippen LogP contribution in [-0.4, -0.2) is 58.8 Å². The summed E-state index contributed by atoms with van der Waals surface area (Å²) in [5.41, 5.74) is 1.55. The molecule has 1 atom stereocenters. The lowest BCUT2D eigenvalue weighted by atomic mass is 10.0. The van der Waals surface area contributed by atoms with Crippen molar-refractivity contribution in [1.82, 2.24) is 4.90 Å². The SMILES string of the molecule is CCN(CC)C(=O)C[N+]1=C2c3ccccc3OC2C(=O)N(c2ccccc2)C1=O. The predicted molar refractivity (Wildman–Crippen MR) is 107 cm³/mol. The van der Waals surface area contributed by atoms with Crippen LogP contribution in [0, 0.1) is 0 Å². The Bertz CT molecular complexity index is 1010. The maximum absolute atomic E-state index is 13.4. The van der Waals surface area contributed by atoms with Crippen LogP contribution in [0.1, 0.15) is 19.4 Å². The number of para-hydroxylation sites is 2. The van der Waals surface area contributed by atoms with Gasteiger partial charge < -0.3 is 9.64 Å². The summed E-state index contributed by atoms with van der Waals surface area (Å²) in [6, 6.07) is 15.3. The molecule has 0 spiro atoms. The highest BCUT2D eigenvalue weighted by molar-refractivity contribution is 6.29. The molecule has 0 aliphatic carbocycles. The van der Waals surface area contributed by atoms with Crippen molar-refractivity contribution in [3.63, 3.8) is 0 Å². The molecule has 0 N–H and O–H groups in total. The van der Waals surface area contributed by atoms with Gasteiger partial charge in [0.05, 0.1) is 5.56 Å². The molecule has 7 heteroatoms. The first kappa shape index (κ1) is 18.9. The number of benzene rings is 2. The molecule has 2 heterocycles. The minimum atomic E-state index is -0.963. The number of carbonyl (C=O) groups excluding carboxylic acids is 3. The number of urea groups is 1. The van der Waals surface area contributed by atoms with E-state index in [1.807, 2.05) is 32.0 Å². The molecule has 1 unspecified atom stereocenters. The van der Waals surface area contributed by atoms with Crippen molar-refractivity contribution in [3.05, 3.63) is 60.2 Å². The summed E-state index contributed by atoms with van der Waals surface area (Å²) in [6.45, 7) is 4.72. The van der Waals surface area contributed by atoms with Crippen molar-refractivity contribution < 1.29 is 23.7 Å². The van der Waals surface area contributed by atoms with E-state index in [-0.39, 0.29) is 12.5 Å². The fraction of sp³-hybridized carbons (Fsp3) is 0.273. The van der Waals surface area contributed by atoms with Crippen LogP contribution >= 0.6 is 0 Å². The van der Waals surface area contributed by atoms with Gasteiger partial charge in [-0.1, -0.05) is 30.3 Å². The van der Waals surface area contributed by atoms with Gasteiger partial charge >= 0.3 is 11.9 Å². The van der Waals surface area contributed by atoms with Crippen LogP contribution < -0.4 is 9.64 Å². The van der Waals surface area contributed by atoms with Crippen molar-refractivity contribution >= 4 is 29.2 Å². The van der Waals surface area contributed by atoms with E-state index in [1.54, 1.807) is 41.3 Å². The Morgan fingerprint density at radius 2 is 1.69 bits per heavy atom. The molecule has 7 nitrogen and oxygen atoms in total. The summed E-state index contributed by atoms with van der Waals surface area (Å²) < 4.78 is 7.28. The summed E-state index contributed by atoms with van der Waals surface area (Å²) in [6.07, 6.45) is -0.963. The molecule has 0 fully saturated rings. The van der Waals surface area contributed by atoms with Gasteiger partial charge in [-0.15, -0.1) is 4.90 Å². The number of carbonyl (C=O) groups is 3. The van der Waals surface area contributed by atoms with Gasteiger partial charge in [0.15, 0.2) is 12.3 Å². The van der Waals surface area contributed by atoms with Crippen LogP contribution in [0.4, 0.5) is 10.5 Å². The van der Waals surface area contributed by atoms with E-state index in [9.17, 15) is 14.4 Å². The average Bonchev–Trinajstić information content (AvgIpc) is 3.13. The molecule has 29 heavy (non-hydrogen) atoms. The first-order valence-corrected chi connectivity index (χ1v) is 9.68. The first-order valence-electron chi connectivity index (χ1n) is 9.68. The second kappa shape index (κ2) is 7.50. The Balaban J connectivity index is 1.84. The number of likely N-dealkylation sites (N-methyl/N-ethyl adjacent to an activating group) is 1. The number of hydrogen-bond acceptors (Lipinski definition) is 4. The van der Waals surface area contributed by atoms with Gasteiger partial charge in [-0.3, -0.25) is 4.79 Å². The van der Waals surface area contributed by atoms with Gasteiger partial charge in [0.2, 0.25) is 0 Å². The van der Waals surface area contributed by atoms with Crippen LogP contribution in [0.2, 0.25) is 0 Å². The fourth-order valence-corrected chi connectivity index (χ4v) is 3.77. The highest BCUT2D eigenvalue weighted by Crippen LogP contribution is 2.33. The van der Waals surface area contributed by atoms with E-state index in [2.05, 4.69) is 0 Å². The molecule has 2 aliphatic heterocycles. The number of amides is 4. The highest BCUT2D eigenvalue weighted by atomic mass is 16.5. The number of hydrogen-bond donors (Lipinski definition) is 0. The van der Waals surface area contributed by atoms with Gasteiger partial charge in [0.25, 0.3) is 12.0 Å². The molecule has 0 bridgehead atoms. The normalized spacial score (nSPS) is 17.7. The Morgan fingerprint density at radius 1 is 1.03 bits per heavy atom. The van der Waals surface area contributed by atoms with Crippen LogP contribution in [0.5, 0.6) is 5.75 Å². The Hall–Kier alpha value is -3.48. The van der Waals surface area contributed by atoms with Crippen molar-refractivity contribution in [2.24, 2.45) is 0 Å². The van der Waals surface area contributed by atoms with Crippen LogP contribution in [-0.2, 0) is 9.59 Å². The van der Waals surface area contributed by atoms with E-state index in [1.165, 1.54) is 4.58 Å². The van der Waals surface area contributed by atoms with E-state index in [0.29, 0.717) is 35.8 Å². The van der Waals surface area contributed by atoms with E-state index in [0.717, 1.165) is 4.90 Å². The summed E-state index contributed by atoms with van der Waals surface area (Å²) >= 11 is 0. The van der Waals surface area contributed by atoms with E-state index in [4.69, 9.17) is 4.74 Å². The van der Waals surface area contributed by atoms with Crippen molar-refractivity contribution in [2.75, 3.05) is 24.5 Å². The molecule has 0 saturated carbocycles. The average molecular weight is 392 g/mol. The molecule has 0 aromatic heterocycles. The topological polar surface area (TPSA) is 69.9 Å². The first-order chi connectivity index (χ1) is 14.1. The Morgan fingerprint density at radius 3 is 2.38 bits per heavy atom. The zero-order chi connectivity index (χ0) is 20.5. The maximum Gasteiger partial charge on any atom is 0.506 e. The van der Waals surface area contributed by atoms with Gasteiger partial charge in [-0.05, 0) is 38.1 Å². The second-order valence-corrected chi connectivity index (χ2v) is 6.82. The molecule has 4 rings (SSSR count). The van der Waals surface area contributed by atoms with Crippen molar-refractivity contribution in [2.45, 2.75) is 20.0 Å². The van der Waals surface area contributed by atoms with Crippen LogP contribution in [0.15, 0.2) is 54.6 Å². The number of fused-ring (bicyclic) bond motifs is 3. The number of imide groups is 1. The predicted octanol–water partition coefficient (Wildman–Crippen LogP) is 2.28. The zero-order valence-electron chi connectivity index (χ0n) is 16.4. The number of anilines is 1. The third-order valence-corrected chi connectivity index (χ3v) is 5.24. The molecule has 2 aliphatic rings. The van der Waals surface area contributed by atoms with E-state index >= 15 is 0 Å². The molecule has 2 aromatic rings. The molecule has 0 saturated heterocycles. The number of ether oxygens (including phenoxy) is 1. The molecular weight excluding hydrogens is 370 g/mol. The second-order valence-electron chi connectivity index (χ2n) is 6.82. The Kier molecular flexibility index (Phi) is 4.88. The lowest BCUT2D eigenvalue weighted by Gasteiger charge is -2.25. The minimum Gasteiger partial charge on any atom is -0.469 e. The summed E-state index contributed by atoms with van der Waals surface area (Å²) in [5, 5.41) is 0. The maximum atomic E-state index is 13.4. The molecular formula is C22H22N3O4+. The lowest BCUT2D eigenvalue weighted by molar-refractivity contribution is -0.418. The summed E-state index contributed by atoms with van der Waals surface area (Å²) in [5.74, 6) is -0.107. The van der Waals surface area contributed by atoms with E-state index < -0.39 is 18.0 Å². The smallest absolute Gasteiger partial charge is 0.469 e. The van der Waals surface area contributed by atoms with Crippen molar-refractivity contribution in [1.29, 1.82) is 0 Å². The minimum absolute atomic E-state index is 0.152. The largest absolute Gasteiger partial charge is 0.506 e. The van der Waals surface area contributed by atoms with Gasteiger partial charge in [0, 0.05) is 13.1 Å². The highest BCUT2D eigenvalue weighted by Gasteiger charge is 2.54. The zero-order valence-corrected chi connectivity index (χ0v) is 16.4. The summed E-state index contributed by atoms with van der Waals surface area (Å²) in [7, 11) is 0. The quantitative estimate of drug-likeness (QED) is 0.732.